The van der Waals surface area contributed by atoms with E-state index in [-0.39, 0.29) is 17.0 Å². The summed E-state index contributed by atoms with van der Waals surface area (Å²) in [4.78, 5) is 22.9. The molecule has 3 aromatic rings. The number of hydrogen-bond donors (Lipinski definition) is 3. The molecular weight excluding hydrogens is 286 g/mol. The van der Waals surface area contributed by atoms with Crippen LogP contribution in [0.2, 0.25) is 0 Å². The normalized spacial score (nSPS) is 10.5. The molecule has 0 saturated carbocycles. The summed E-state index contributed by atoms with van der Waals surface area (Å²) >= 11 is 0. The summed E-state index contributed by atoms with van der Waals surface area (Å²) in [6.45, 7) is 0. The second kappa shape index (κ2) is 5.25. The zero-order chi connectivity index (χ0) is 15.7. The summed E-state index contributed by atoms with van der Waals surface area (Å²) in [6, 6.07) is 12.6. The van der Waals surface area contributed by atoms with Crippen LogP contribution in [0.1, 0.15) is 20.9 Å². The van der Waals surface area contributed by atoms with Gasteiger partial charge in [0.05, 0.1) is 0 Å². The maximum absolute atomic E-state index is 12.1. The molecule has 1 aromatic heterocycles. The maximum Gasteiger partial charge on any atom is 0.339 e. The molecule has 3 N–H and O–H groups in total. The van der Waals surface area contributed by atoms with Gasteiger partial charge < -0.3 is 19.9 Å². The third-order valence-electron chi connectivity index (χ3n) is 3.14. The van der Waals surface area contributed by atoms with Crippen LogP contribution in [0.5, 0.6) is 5.75 Å². The lowest BCUT2D eigenvalue weighted by molar-refractivity contribution is 0.0693. The van der Waals surface area contributed by atoms with E-state index in [9.17, 15) is 14.7 Å². The molecule has 3 rings (SSSR count). The second-order valence-electron chi connectivity index (χ2n) is 4.64. The molecule has 6 nitrogen and oxygen atoms in total. The highest BCUT2D eigenvalue weighted by molar-refractivity contribution is 6.05. The number of nitrogens with one attached hydrogen (secondary N) is 1. The number of furan rings is 1. The maximum atomic E-state index is 12.1. The second-order valence-corrected chi connectivity index (χ2v) is 4.64. The molecule has 0 fully saturated rings. The van der Waals surface area contributed by atoms with Crippen molar-refractivity contribution in [3.05, 3.63) is 59.9 Å². The molecule has 0 aliphatic heterocycles. The topological polar surface area (TPSA) is 99.8 Å². The molecule has 1 heterocycles. The van der Waals surface area contributed by atoms with Gasteiger partial charge in [0.25, 0.3) is 5.91 Å². The van der Waals surface area contributed by atoms with E-state index in [2.05, 4.69) is 5.32 Å². The van der Waals surface area contributed by atoms with Crippen molar-refractivity contribution in [3.63, 3.8) is 0 Å². The third kappa shape index (κ3) is 2.49. The van der Waals surface area contributed by atoms with Crippen LogP contribution >= 0.6 is 0 Å². The Bertz CT molecular complexity index is 848. The zero-order valence-electron chi connectivity index (χ0n) is 11.2. The molecule has 22 heavy (non-hydrogen) atoms. The Morgan fingerprint density at radius 2 is 1.82 bits per heavy atom. The van der Waals surface area contributed by atoms with Crippen LogP contribution in [0, 0.1) is 0 Å². The van der Waals surface area contributed by atoms with E-state index in [1.807, 2.05) is 12.1 Å². The SMILES string of the molecule is O=C(Nc1ccc(C(=O)O)c(O)c1)c1cc2ccccc2o1. The lowest BCUT2D eigenvalue weighted by atomic mass is 10.2. The highest BCUT2D eigenvalue weighted by Gasteiger charge is 2.14. The Kier molecular flexibility index (Phi) is 3.27. The molecule has 6 heteroatoms. The van der Waals surface area contributed by atoms with Crippen molar-refractivity contribution >= 4 is 28.5 Å². The van der Waals surface area contributed by atoms with Gasteiger partial charge in [-0.1, -0.05) is 18.2 Å². The van der Waals surface area contributed by atoms with Crippen molar-refractivity contribution < 1.29 is 24.2 Å². The minimum absolute atomic E-state index is 0.128. The quantitative estimate of drug-likeness (QED) is 0.689. The molecule has 0 saturated heterocycles. The summed E-state index contributed by atoms with van der Waals surface area (Å²) in [5.74, 6) is -2.02. The summed E-state index contributed by atoms with van der Waals surface area (Å²) in [5.41, 5.74) is 0.631. The number of anilines is 1. The Morgan fingerprint density at radius 1 is 1.05 bits per heavy atom. The number of aromatic hydroxyl groups is 1. The predicted molar refractivity (Wildman–Crippen MR) is 79.2 cm³/mol. The smallest absolute Gasteiger partial charge is 0.339 e. The average Bonchev–Trinajstić information content (AvgIpc) is 2.91. The number of fused-ring (bicyclic) bond motifs is 1. The van der Waals surface area contributed by atoms with Gasteiger partial charge in [-0.15, -0.1) is 0 Å². The van der Waals surface area contributed by atoms with Crippen molar-refractivity contribution in [2.24, 2.45) is 0 Å². The fourth-order valence-corrected chi connectivity index (χ4v) is 2.08. The Labute approximate surface area is 124 Å². The highest BCUT2D eigenvalue weighted by atomic mass is 16.4. The fraction of sp³-hybridized carbons (Fsp3) is 0. The molecule has 0 bridgehead atoms. The first kappa shape index (κ1) is 13.7. The zero-order valence-corrected chi connectivity index (χ0v) is 11.2. The first-order valence-corrected chi connectivity index (χ1v) is 6.41. The number of carbonyl (C=O) groups is 2. The number of phenols is 1. The van der Waals surface area contributed by atoms with Gasteiger partial charge in [0, 0.05) is 17.1 Å². The van der Waals surface area contributed by atoms with Gasteiger partial charge in [-0.2, -0.15) is 0 Å². The Balaban J connectivity index is 1.84. The highest BCUT2D eigenvalue weighted by Crippen LogP contribution is 2.24. The fourth-order valence-electron chi connectivity index (χ4n) is 2.08. The molecule has 0 radical (unpaired) electrons. The van der Waals surface area contributed by atoms with Gasteiger partial charge in [0.15, 0.2) is 5.76 Å². The first-order valence-electron chi connectivity index (χ1n) is 6.41. The Hall–Kier alpha value is -3.28. The number of para-hydroxylation sites is 1. The van der Waals surface area contributed by atoms with Gasteiger partial charge in [-0.3, -0.25) is 4.79 Å². The van der Waals surface area contributed by atoms with E-state index < -0.39 is 17.6 Å². The van der Waals surface area contributed by atoms with E-state index in [1.54, 1.807) is 18.2 Å². The molecule has 110 valence electrons. The number of rotatable bonds is 3. The minimum Gasteiger partial charge on any atom is -0.507 e. The van der Waals surface area contributed by atoms with E-state index in [0.29, 0.717) is 5.58 Å². The summed E-state index contributed by atoms with van der Waals surface area (Å²) < 4.78 is 5.43. The first-order chi connectivity index (χ1) is 10.5. The lowest BCUT2D eigenvalue weighted by Crippen LogP contribution is -2.11. The molecule has 0 atom stereocenters. The van der Waals surface area contributed by atoms with E-state index in [4.69, 9.17) is 9.52 Å². The number of carbonyl (C=O) groups excluding carboxylic acids is 1. The molecule has 0 aliphatic carbocycles. The van der Waals surface area contributed by atoms with Crippen LogP contribution in [0.25, 0.3) is 11.0 Å². The van der Waals surface area contributed by atoms with E-state index in [0.717, 1.165) is 5.39 Å². The monoisotopic (exact) mass is 297 g/mol. The van der Waals surface area contributed by atoms with Crippen molar-refractivity contribution in [1.29, 1.82) is 0 Å². The Morgan fingerprint density at radius 3 is 2.50 bits per heavy atom. The van der Waals surface area contributed by atoms with Crippen LogP contribution in [0.15, 0.2) is 52.9 Å². The largest absolute Gasteiger partial charge is 0.507 e. The number of amides is 1. The molecule has 1 amide bonds. The summed E-state index contributed by atoms with van der Waals surface area (Å²) in [5, 5.41) is 21.8. The van der Waals surface area contributed by atoms with Crippen LogP contribution in [0.3, 0.4) is 0 Å². The minimum atomic E-state index is -1.24. The van der Waals surface area contributed by atoms with Crippen LogP contribution in [-0.2, 0) is 0 Å². The number of aromatic carboxylic acids is 1. The standard InChI is InChI=1S/C16H11NO5/c18-12-8-10(5-6-11(12)16(20)21)17-15(19)14-7-9-3-1-2-4-13(9)22-14/h1-8,18H,(H,17,19)(H,20,21). The molecule has 0 unspecified atom stereocenters. The van der Waals surface area contributed by atoms with Gasteiger partial charge in [-0.05, 0) is 24.3 Å². The molecule has 0 spiro atoms. The van der Waals surface area contributed by atoms with Crippen LogP contribution in [-0.4, -0.2) is 22.1 Å². The molecular formula is C16H11NO5. The van der Waals surface area contributed by atoms with Gasteiger partial charge >= 0.3 is 5.97 Å². The van der Waals surface area contributed by atoms with Crippen molar-refractivity contribution in [2.45, 2.75) is 0 Å². The van der Waals surface area contributed by atoms with Gasteiger partial charge in [-0.25, -0.2) is 4.79 Å². The predicted octanol–water partition coefficient (Wildman–Crippen LogP) is 3.09. The molecule has 0 aliphatic rings. The number of carboxylic acid groups (broad SMARTS) is 1. The third-order valence-corrected chi connectivity index (χ3v) is 3.14. The van der Waals surface area contributed by atoms with Gasteiger partial charge in [0.1, 0.15) is 16.9 Å². The average molecular weight is 297 g/mol. The summed E-state index contributed by atoms with van der Waals surface area (Å²) in [7, 11) is 0. The van der Waals surface area contributed by atoms with E-state index >= 15 is 0 Å². The number of benzene rings is 2. The van der Waals surface area contributed by atoms with Crippen molar-refractivity contribution in [3.8, 4) is 5.75 Å². The van der Waals surface area contributed by atoms with E-state index in [1.165, 1.54) is 18.2 Å². The van der Waals surface area contributed by atoms with Crippen LogP contribution < -0.4 is 5.32 Å². The van der Waals surface area contributed by atoms with Gasteiger partial charge in [0.2, 0.25) is 0 Å². The number of hydrogen-bond acceptors (Lipinski definition) is 4. The lowest BCUT2D eigenvalue weighted by Gasteiger charge is -2.05. The number of carboxylic acids is 1. The molecule has 2 aromatic carbocycles. The summed E-state index contributed by atoms with van der Waals surface area (Å²) in [6.07, 6.45) is 0. The van der Waals surface area contributed by atoms with Crippen LogP contribution in [0.4, 0.5) is 5.69 Å². The van der Waals surface area contributed by atoms with Crippen molar-refractivity contribution in [1.82, 2.24) is 0 Å². The van der Waals surface area contributed by atoms with Crippen molar-refractivity contribution in [2.75, 3.05) is 5.32 Å².